The Morgan fingerprint density at radius 3 is 2.82 bits per heavy atom. The quantitative estimate of drug-likeness (QED) is 0.805. The van der Waals surface area contributed by atoms with Crippen LogP contribution < -0.4 is 10.6 Å². The summed E-state index contributed by atoms with van der Waals surface area (Å²) in [5.41, 5.74) is 7.90. The van der Waals surface area contributed by atoms with Crippen molar-refractivity contribution in [3.05, 3.63) is 59.7 Å². The molecule has 1 aliphatic heterocycles. The molecular weight excluding hydrogens is 278 g/mol. The normalized spacial score (nSPS) is 17.5. The van der Waals surface area contributed by atoms with Gasteiger partial charge in [-0.2, -0.15) is 4.98 Å². The zero-order valence-corrected chi connectivity index (χ0v) is 11.8. The molecule has 5 heteroatoms. The van der Waals surface area contributed by atoms with E-state index >= 15 is 0 Å². The smallest absolute Gasteiger partial charge is 0.298 e. The van der Waals surface area contributed by atoms with Crippen LogP contribution >= 0.6 is 0 Å². The third kappa shape index (κ3) is 1.94. The fourth-order valence-electron chi connectivity index (χ4n) is 2.83. The molecule has 0 spiro atoms. The lowest BCUT2D eigenvalue weighted by Gasteiger charge is -2.40. The molecule has 1 atom stereocenters. The molecular formula is C17H14N3O2. The molecule has 1 unspecified atom stereocenters. The lowest BCUT2D eigenvalue weighted by Crippen LogP contribution is -2.41. The number of hydrogen-bond acceptors (Lipinski definition) is 4. The van der Waals surface area contributed by atoms with Gasteiger partial charge in [-0.15, -0.1) is 0 Å². The summed E-state index contributed by atoms with van der Waals surface area (Å²) in [7, 11) is 0. The zero-order valence-electron chi connectivity index (χ0n) is 11.8. The number of fused-ring (bicyclic) bond motifs is 1. The van der Waals surface area contributed by atoms with Crippen LogP contribution in [0.2, 0.25) is 0 Å². The summed E-state index contributed by atoms with van der Waals surface area (Å²) in [5.74, 6) is -0.548. The first-order valence-electron chi connectivity index (χ1n) is 7.16. The number of aromatic nitrogens is 1. The largest absolute Gasteiger partial charge is 0.423 e. The molecule has 1 aliphatic rings. The first-order valence-corrected chi connectivity index (χ1v) is 7.16. The third-order valence-corrected chi connectivity index (χ3v) is 4.04. The number of amides is 1. The zero-order chi connectivity index (χ0) is 15.1. The van der Waals surface area contributed by atoms with Crippen LogP contribution in [-0.4, -0.2) is 17.4 Å². The molecule has 0 saturated carbocycles. The fraction of sp³-hybridized carbons (Fsp3) is 0.176. The topological polar surface area (TPSA) is 72.4 Å². The molecule has 1 aromatic heterocycles. The number of nitrogens with zero attached hydrogens (tertiary/aromatic N) is 2. The lowest BCUT2D eigenvalue weighted by molar-refractivity contribution is 0.100. The molecule has 2 heterocycles. The van der Waals surface area contributed by atoms with Crippen LogP contribution in [0, 0.1) is 6.07 Å². The second-order valence-corrected chi connectivity index (χ2v) is 5.33. The Morgan fingerprint density at radius 1 is 1.32 bits per heavy atom. The molecule has 0 bridgehead atoms. The molecule has 1 saturated heterocycles. The van der Waals surface area contributed by atoms with Crippen molar-refractivity contribution in [2.24, 2.45) is 5.73 Å². The van der Waals surface area contributed by atoms with Gasteiger partial charge in [-0.05, 0) is 30.2 Å². The van der Waals surface area contributed by atoms with E-state index < -0.39 is 5.91 Å². The second kappa shape index (κ2) is 4.87. The Labute approximate surface area is 127 Å². The Kier molecular flexibility index (Phi) is 2.85. The number of carbonyl (C=O) groups excluding carboxylic acids is 1. The van der Waals surface area contributed by atoms with Crippen molar-refractivity contribution in [1.82, 2.24) is 4.98 Å². The Balaban J connectivity index is 1.73. The average molecular weight is 292 g/mol. The highest BCUT2D eigenvalue weighted by Gasteiger charge is 2.33. The summed E-state index contributed by atoms with van der Waals surface area (Å²) < 4.78 is 5.80. The summed E-state index contributed by atoms with van der Waals surface area (Å²) in [4.78, 5) is 18.0. The van der Waals surface area contributed by atoms with Crippen LogP contribution in [0.25, 0.3) is 11.1 Å². The van der Waals surface area contributed by atoms with Gasteiger partial charge in [0.2, 0.25) is 0 Å². The maximum atomic E-state index is 11.5. The maximum absolute atomic E-state index is 11.5. The van der Waals surface area contributed by atoms with E-state index in [9.17, 15) is 4.79 Å². The van der Waals surface area contributed by atoms with E-state index in [-0.39, 0.29) is 11.6 Å². The molecule has 1 radical (unpaired) electrons. The Morgan fingerprint density at radius 2 is 2.14 bits per heavy atom. The van der Waals surface area contributed by atoms with Crippen molar-refractivity contribution in [1.29, 1.82) is 0 Å². The summed E-state index contributed by atoms with van der Waals surface area (Å²) >= 11 is 0. The minimum Gasteiger partial charge on any atom is -0.423 e. The number of hydrogen-bond donors (Lipinski definition) is 1. The van der Waals surface area contributed by atoms with E-state index in [1.165, 1.54) is 5.56 Å². The van der Waals surface area contributed by atoms with Crippen molar-refractivity contribution in [3.63, 3.8) is 0 Å². The van der Waals surface area contributed by atoms with Gasteiger partial charge < -0.3 is 15.1 Å². The number of primary amides is 1. The van der Waals surface area contributed by atoms with Crippen LogP contribution in [0.1, 0.15) is 28.4 Å². The maximum Gasteiger partial charge on any atom is 0.298 e. The van der Waals surface area contributed by atoms with Crippen molar-refractivity contribution in [2.75, 3.05) is 11.4 Å². The minimum absolute atomic E-state index is 0.260. The molecule has 4 rings (SSSR count). The van der Waals surface area contributed by atoms with Crippen molar-refractivity contribution in [2.45, 2.75) is 12.5 Å². The van der Waals surface area contributed by atoms with Crippen LogP contribution in [0.4, 0.5) is 6.01 Å². The number of nitrogens with two attached hydrogens (primary N) is 1. The van der Waals surface area contributed by atoms with Crippen molar-refractivity contribution < 1.29 is 9.21 Å². The Bertz CT molecular complexity index is 841. The van der Waals surface area contributed by atoms with Gasteiger partial charge in [0, 0.05) is 6.54 Å². The van der Waals surface area contributed by atoms with Gasteiger partial charge in [0.25, 0.3) is 11.9 Å². The monoisotopic (exact) mass is 292 g/mol. The standard InChI is InChI=1S/C17H14N3O2/c18-16(21)12-7-4-8-14-15(12)19-17(22-14)20-10-9-13(20)11-5-2-1-3-6-11/h1-6,8,13H,9-10H2,(H2,18,21). The highest BCUT2D eigenvalue weighted by molar-refractivity contribution is 6.03. The number of benzene rings is 2. The van der Waals surface area contributed by atoms with Crippen molar-refractivity contribution in [3.8, 4) is 0 Å². The van der Waals surface area contributed by atoms with Crippen LogP contribution in [0.3, 0.4) is 0 Å². The molecule has 5 nitrogen and oxygen atoms in total. The molecule has 3 aromatic rings. The van der Waals surface area contributed by atoms with Gasteiger partial charge in [-0.25, -0.2) is 0 Å². The predicted molar refractivity (Wildman–Crippen MR) is 82.5 cm³/mol. The summed E-state index contributed by atoms with van der Waals surface area (Å²) in [6.45, 7) is 0.877. The van der Waals surface area contributed by atoms with E-state index in [0.717, 1.165) is 13.0 Å². The summed E-state index contributed by atoms with van der Waals surface area (Å²) in [6.07, 6.45) is 1.05. The second-order valence-electron chi connectivity index (χ2n) is 5.33. The van der Waals surface area contributed by atoms with E-state index in [0.29, 0.717) is 17.1 Å². The number of oxazole rings is 1. The summed E-state index contributed by atoms with van der Waals surface area (Å²) in [6, 6.07) is 17.2. The molecule has 1 fully saturated rings. The number of anilines is 1. The first-order chi connectivity index (χ1) is 10.7. The number of rotatable bonds is 3. The summed E-state index contributed by atoms with van der Waals surface area (Å²) in [5, 5.41) is 0. The molecule has 22 heavy (non-hydrogen) atoms. The van der Waals surface area contributed by atoms with Gasteiger partial charge in [0.05, 0.1) is 11.6 Å². The number of carbonyl (C=O) groups is 1. The molecule has 1 amide bonds. The van der Waals surface area contributed by atoms with Gasteiger partial charge in [-0.3, -0.25) is 4.79 Å². The van der Waals surface area contributed by atoms with E-state index in [1.54, 1.807) is 12.1 Å². The van der Waals surface area contributed by atoms with Crippen molar-refractivity contribution >= 4 is 23.0 Å². The average Bonchev–Trinajstić information content (AvgIpc) is 2.89. The molecule has 109 valence electrons. The van der Waals surface area contributed by atoms with E-state index in [2.05, 4.69) is 28.1 Å². The predicted octanol–water partition coefficient (Wildman–Crippen LogP) is 2.68. The highest BCUT2D eigenvalue weighted by Crippen LogP contribution is 2.38. The van der Waals surface area contributed by atoms with Crippen LogP contribution in [-0.2, 0) is 0 Å². The van der Waals surface area contributed by atoms with Crippen LogP contribution in [0.5, 0.6) is 0 Å². The molecule has 2 aromatic carbocycles. The van der Waals surface area contributed by atoms with Gasteiger partial charge >= 0.3 is 0 Å². The lowest BCUT2D eigenvalue weighted by atomic mass is 9.95. The van der Waals surface area contributed by atoms with Gasteiger partial charge in [0.15, 0.2) is 5.58 Å². The fourth-order valence-corrected chi connectivity index (χ4v) is 2.83. The first kappa shape index (κ1) is 12.9. The molecule has 0 aliphatic carbocycles. The van der Waals surface area contributed by atoms with E-state index in [4.69, 9.17) is 10.2 Å². The van der Waals surface area contributed by atoms with E-state index in [1.807, 2.05) is 18.2 Å². The Hall–Kier alpha value is -2.82. The molecule has 2 N–H and O–H groups in total. The van der Waals surface area contributed by atoms with Gasteiger partial charge in [-0.1, -0.05) is 30.3 Å². The SMILES string of the molecule is NC(=O)c1[c]ccc2oc(N3CCC3c3ccccc3)nc12. The van der Waals surface area contributed by atoms with Crippen LogP contribution in [0.15, 0.2) is 46.9 Å². The third-order valence-electron chi connectivity index (χ3n) is 4.04. The van der Waals surface area contributed by atoms with Gasteiger partial charge in [0.1, 0.15) is 5.52 Å². The minimum atomic E-state index is -0.548. The highest BCUT2D eigenvalue weighted by atomic mass is 16.4.